The first-order chi connectivity index (χ1) is 16.1. The fourth-order valence-corrected chi connectivity index (χ4v) is 4.00. The Labute approximate surface area is 197 Å². The van der Waals surface area contributed by atoms with Gasteiger partial charge in [0, 0.05) is 44.0 Å². The highest BCUT2D eigenvalue weighted by Gasteiger charge is 2.31. The summed E-state index contributed by atoms with van der Waals surface area (Å²) in [4.78, 5) is 26.5. The normalized spacial score (nSPS) is 14.7. The molecule has 1 saturated heterocycles. The van der Waals surface area contributed by atoms with E-state index >= 15 is 0 Å². The molecule has 33 heavy (non-hydrogen) atoms. The number of anilines is 2. The molecule has 0 radical (unpaired) electrons. The van der Waals surface area contributed by atoms with E-state index in [4.69, 9.17) is 26.1 Å². The molecule has 0 aliphatic carbocycles. The van der Waals surface area contributed by atoms with Crippen molar-refractivity contribution in [2.75, 3.05) is 56.3 Å². The number of halogens is 1. The van der Waals surface area contributed by atoms with Gasteiger partial charge in [0.2, 0.25) is 0 Å². The summed E-state index contributed by atoms with van der Waals surface area (Å²) in [5, 5.41) is 10.5. The SMILES string of the molecule is COCCOC(=O)C(C#N)c1nc2ccccc2nc1N1CCN(c2cccc(Cl)c2)CC1. The van der Waals surface area contributed by atoms with Crippen molar-refractivity contribution in [1.82, 2.24) is 9.97 Å². The van der Waals surface area contributed by atoms with Crippen molar-refractivity contribution < 1.29 is 14.3 Å². The van der Waals surface area contributed by atoms with Crippen LogP contribution in [-0.2, 0) is 14.3 Å². The highest BCUT2D eigenvalue weighted by Crippen LogP contribution is 2.29. The summed E-state index contributed by atoms with van der Waals surface area (Å²) in [6.07, 6.45) is 0. The molecule has 170 valence electrons. The van der Waals surface area contributed by atoms with Crippen molar-refractivity contribution in [2.45, 2.75) is 5.92 Å². The van der Waals surface area contributed by atoms with E-state index in [0.29, 0.717) is 40.7 Å². The third kappa shape index (κ3) is 5.16. The molecule has 2 heterocycles. The third-order valence-electron chi connectivity index (χ3n) is 5.50. The van der Waals surface area contributed by atoms with Crippen LogP contribution in [0.15, 0.2) is 48.5 Å². The van der Waals surface area contributed by atoms with Crippen LogP contribution in [0.1, 0.15) is 11.6 Å². The van der Waals surface area contributed by atoms with Crippen LogP contribution in [0.3, 0.4) is 0 Å². The predicted molar refractivity (Wildman–Crippen MR) is 127 cm³/mol. The van der Waals surface area contributed by atoms with Crippen molar-refractivity contribution in [3.63, 3.8) is 0 Å². The van der Waals surface area contributed by atoms with Gasteiger partial charge in [-0.2, -0.15) is 5.26 Å². The number of carbonyl (C=O) groups is 1. The first-order valence-corrected chi connectivity index (χ1v) is 11.1. The lowest BCUT2D eigenvalue weighted by atomic mass is 10.1. The number of nitriles is 1. The fourth-order valence-electron chi connectivity index (χ4n) is 3.81. The molecule has 4 rings (SSSR count). The first-order valence-electron chi connectivity index (χ1n) is 10.7. The van der Waals surface area contributed by atoms with Crippen molar-refractivity contribution in [2.24, 2.45) is 0 Å². The second kappa shape index (κ2) is 10.5. The summed E-state index contributed by atoms with van der Waals surface area (Å²) in [5.74, 6) is -1.30. The molecule has 1 atom stereocenters. The zero-order chi connectivity index (χ0) is 23.2. The van der Waals surface area contributed by atoms with Crippen LogP contribution < -0.4 is 9.80 Å². The molecule has 1 fully saturated rings. The molecule has 0 bridgehead atoms. The van der Waals surface area contributed by atoms with Crippen LogP contribution in [0.5, 0.6) is 0 Å². The van der Waals surface area contributed by atoms with E-state index in [-0.39, 0.29) is 13.2 Å². The Morgan fingerprint density at radius 1 is 1.06 bits per heavy atom. The zero-order valence-corrected chi connectivity index (χ0v) is 19.0. The summed E-state index contributed by atoms with van der Waals surface area (Å²) in [7, 11) is 1.52. The number of methoxy groups -OCH3 is 1. The van der Waals surface area contributed by atoms with Crippen LogP contribution in [0, 0.1) is 11.3 Å². The average Bonchev–Trinajstić information content (AvgIpc) is 2.84. The number of fused-ring (bicyclic) bond motifs is 1. The van der Waals surface area contributed by atoms with E-state index in [0.717, 1.165) is 18.8 Å². The number of carbonyl (C=O) groups excluding carboxylic acids is 1. The summed E-state index contributed by atoms with van der Waals surface area (Å²) in [6.45, 7) is 3.12. The fraction of sp³-hybridized carbons (Fsp3) is 0.333. The molecular weight excluding hydrogens is 442 g/mol. The van der Waals surface area contributed by atoms with Gasteiger partial charge in [-0.15, -0.1) is 0 Å². The minimum Gasteiger partial charge on any atom is -0.462 e. The Bertz CT molecular complexity index is 1170. The monoisotopic (exact) mass is 465 g/mol. The number of ether oxygens (including phenoxy) is 2. The zero-order valence-electron chi connectivity index (χ0n) is 18.3. The van der Waals surface area contributed by atoms with Gasteiger partial charge in [0.1, 0.15) is 12.3 Å². The lowest BCUT2D eigenvalue weighted by Gasteiger charge is -2.37. The maximum atomic E-state index is 12.7. The molecule has 1 aromatic heterocycles. The van der Waals surface area contributed by atoms with Gasteiger partial charge in [0.05, 0.1) is 23.7 Å². The molecule has 1 aliphatic heterocycles. The minimum absolute atomic E-state index is 0.0716. The number of aromatic nitrogens is 2. The molecule has 8 nitrogen and oxygen atoms in total. The van der Waals surface area contributed by atoms with Crippen LogP contribution in [0.2, 0.25) is 5.02 Å². The summed E-state index contributed by atoms with van der Waals surface area (Å²) >= 11 is 6.15. The minimum atomic E-state index is -1.18. The van der Waals surface area contributed by atoms with E-state index in [1.165, 1.54) is 7.11 Å². The van der Waals surface area contributed by atoms with Gasteiger partial charge in [-0.25, -0.2) is 9.97 Å². The lowest BCUT2D eigenvalue weighted by molar-refractivity contribution is -0.145. The Morgan fingerprint density at radius 2 is 1.76 bits per heavy atom. The van der Waals surface area contributed by atoms with Gasteiger partial charge < -0.3 is 19.3 Å². The van der Waals surface area contributed by atoms with E-state index in [1.807, 2.05) is 48.5 Å². The molecule has 2 aromatic carbocycles. The number of benzene rings is 2. The Hall–Kier alpha value is -3.41. The Kier molecular flexibility index (Phi) is 7.23. The summed E-state index contributed by atoms with van der Waals surface area (Å²) in [5.41, 5.74) is 2.70. The topological polar surface area (TPSA) is 91.6 Å². The van der Waals surface area contributed by atoms with E-state index in [2.05, 4.69) is 20.9 Å². The Morgan fingerprint density at radius 3 is 2.42 bits per heavy atom. The van der Waals surface area contributed by atoms with Gasteiger partial charge in [-0.05, 0) is 30.3 Å². The van der Waals surface area contributed by atoms with Crippen LogP contribution >= 0.6 is 11.6 Å². The largest absolute Gasteiger partial charge is 0.462 e. The third-order valence-corrected chi connectivity index (χ3v) is 5.74. The van der Waals surface area contributed by atoms with Gasteiger partial charge in [-0.1, -0.05) is 29.8 Å². The number of hydrogen-bond donors (Lipinski definition) is 0. The highest BCUT2D eigenvalue weighted by molar-refractivity contribution is 6.30. The molecule has 3 aromatic rings. The van der Waals surface area contributed by atoms with Crippen molar-refractivity contribution in [1.29, 1.82) is 5.26 Å². The second-order valence-electron chi connectivity index (χ2n) is 7.60. The average molecular weight is 466 g/mol. The van der Waals surface area contributed by atoms with E-state index in [9.17, 15) is 10.1 Å². The van der Waals surface area contributed by atoms with Crippen LogP contribution in [-0.4, -0.2) is 62.4 Å². The number of para-hydroxylation sites is 2. The number of piperazine rings is 1. The molecule has 0 amide bonds. The molecule has 0 saturated carbocycles. The number of rotatable bonds is 7. The Balaban J connectivity index is 1.62. The van der Waals surface area contributed by atoms with E-state index < -0.39 is 11.9 Å². The van der Waals surface area contributed by atoms with Gasteiger partial charge in [0.25, 0.3) is 0 Å². The maximum absolute atomic E-state index is 12.7. The predicted octanol–water partition coefficient (Wildman–Crippen LogP) is 3.41. The smallest absolute Gasteiger partial charge is 0.329 e. The number of nitrogens with zero attached hydrogens (tertiary/aromatic N) is 5. The molecule has 1 aliphatic rings. The molecule has 1 unspecified atom stereocenters. The molecule has 0 N–H and O–H groups in total. The van der Waals surface area contributed by atoms with E-state index in [1.54, 1.807) is 0 Å². The van der Waals surface area contributed by atoms with Crippen molar-refractivity contribution in [3.8, 4) is 6.07 Å². The second-order valence-corrected chi connectivity index (χ2v) is 8.03. The summed E-state index contributed by atoms with van der Waals surface area (Å²) < 4.78 is 10.2. The van der Waals surface area contributed by atoms with Crippen molar-refractivity contribution in [3.05, 3.63) is 59.2 Å². The lowest BCUT2D eigenvalue weighted by Crippen LogP contribution is -2.47. The van der Waals surface area contributed by atoms with Gasteiger partial charge in [-0.3, -0.25) is 4.79 Å². The standard InChI is InChI=1S/C24H24ClN5O3/c1-32-13-14-33-24(31)19(16-26)22-23(28-21-8-3-2-7-20(21)27-22)30-11-9-29(10-12-30)18-6-4-5-17(25)15-18/h2-8,15,19H,9-14H2,1H3. The molecule has 9 heteroatoms. The number of esters is 1. The number of hydrogen-bond acceptors (Lipinski definition) is 8. The van der Waals surface area contributed by atoms with Crippen LogP contribution in [0.25, 0.3) is 11.0 Å². The highest BCUT2D eigenvalue weighted by atomic mass is 35.5. The first kappa shape index (κ1) is 22.8. The van der Waals surface area contributed by atoms with Gasteiger partial charge in [0.15, 0.2) is 11.7 Å². The van der Waals surface area contributed by atoms with Crippen molar-refractivity contribution >= 4 is 40.1 Å². The molecule has 0 spiro atoms. The van der Waals surface area contributed by atoms with Gasteiger partial charge >= 0.3 is 5.97 Å². The quantitative estimate of drug-likeness (QED) is 0.387. The maximum Gasteiger partial charge on any atom is 0.329 e. The molecular formula is C24H24ClN5O3. The van der Waals surface area contributed by atoms with Crippen LogP contribution in [0.4, 0.5) is 11.5 Å². The summed E-state index contributed by atoms with van der Waals surface area (Å²) in [6, 6.07) is 17.2.